The maximum atomic E-state index is 13.4. The van der Waals surface area contributed by atoms with Gasteiger partial charge in [0.2, 0.25) is 0 Å². The number of aromatic nitrogens is 1. The van der Waals surface area contributed by atoms with Gasteiger partial charge in [-0.2, -0.15) is 0 Å². The van der Waals surface area contributed by atoms with Crippen molar-refractivity contribution < 1.29 is 18.7 Å². The summed E-state index contributed by atoms with van der Waals surface area (Å²) in [5.74, 6) is -3.30. The van der Waals surface area contributed by atoms with Crippen molar-refractivity contribution in [3.8, 4) is 5.75 Å². The minimum Gasteiger partial charge on any atom is -0.503 e. The Labute approximate surface area is 142 Å². The number of likely N-dealkylation sites (N-methyl/N-ethyl adjacent to an activating group) is 1. The SMILES string of the molecule is CN1C(=O)/C(=C/c2cc(F)c(O)c(F)c2)N=C1/C=C/c1ccccn1. The van der Waals surface area contributed by atoms with Crippen LogP contribution >= 0.6 is 0 Å². The van der Waals surface area contributed by atoms with Gasteiger partial charge < -0.3 is 5.11 Å². The minimum atomic E-state index is -1.11. The summed E-state index contributed by atoms with van der Waals surface area (Å²) in [6, 6.07) is 7.27. The highest BCUT2D eigenvalue weighted by Crippen LogP contribution is 2.24. The summed E-state index contributed by atoms with van der Waals surface area (Å²) < 4.78 is 26.8. The van der Waals surface area contributed by atoms with Crippen LogP contribution in [0.15, 0.2) is 53.3 Å². The molecule has 1 aliphatic rings. The molecule has 1 amide bonds. The van der Waals surface area contributed by atoms with E-state index in [1.54, 1.807) is 37.5 Å². The third kappa shape index (κ3) is 3.45. The minimum absolute atomic E-state index is 0.0349. The van der Waals surface area contributed by atoms with E-state index in [0.29, 0.717) is 11.5 Å². The first kappa shape index (κ1) is 16.5. The van der Waals surface area contributed by atoms with Crippen LogP contribution in [0.2, 0.25) is 0 Å². The first-order valence-electron chi connectivity index (χ1n) is 7.31. The molecule has 0 bridgehead atoms. The van der Waals surface area contributed by atoms with Gasteiger partial charge in [-0.25, -0.2) is 13.8 Å². The third-order valence-electron chi connectivity index (χ3n) is 3.54. The van der Waals surface area contributed by atoms with Crippen molar-refractivity contribution in [3.05, 3.63) is 71.2 Å². The fourth-order valence-electron chi connectivity index (χ4n) is 2.23. The Morgan fingerprint density at radius 1 is 1.16 bits per heavy atom. The molecule has 0 saturated heterocycles. The van der Waals surface area contributed by atoms with Crippen molar-refractivity contribution in [2.24, 2.45) is 4.99 Å². The van der Waals surface area contributed by atoms with Crippen molar-refractivity contribution in [2.45, 2.75) is 0 Å². The molecular formula is C18H13F2N3O2. The number of phenols is 1. The van der Waals surface area contributed by atoms with Gasteiger partial charge in [-0.1, -0.05) is 6.07 Å². The normalized spacial score (nSPS) is 16.1. The summed E-state index contributed by atoms with van der Waals surface area (Å²) in [5, 5.41) is 9.12. The predicted octanol–water partition coefficient (Wildman–Crippen LogP) is 2.99. The highest BCUT2D eigenvalue weighted by atomic mass is 19.1. The predicted molar refractivity (Wildman–Crippen MR) is 89.5 cm³/mol. The van der Waals surface area contributed by atoms with Gasteiger partial charge in [0.15, 0.2) is 17.4 Å². The van der Waals surface area contributed by atoms with Crippen LogP contribution in [0.4, 0.5) is 8.78 Å². The molecule has 7 heteroatoms. The quantitative estimate of drug-likeness (QED) is 0.873. The van der Waals surface area contributed by atoms with E-state index in [1.165, 1.54) is 11.0 Å². The largest absolute Gasteiger partial charge is 0.503 e. The van der Waals surface area contributed by atoms with E-state index in [2.05, 4.69) is 9.98 Å². The van der Waals surface area contributed by atoms with Gasteiger partial charge >= 0.3 is 0 Å². The Morgan fingerprint density at radius 2 is 1.88 bits per heavy atom. The number of aromatic hydroxyl groups is 1. The van der Waals surface area contributed by atoms with Crippen molar-refractivity contribution >= 4 is 23.9 Å². The van der Waals surface area contributed by atoms with Crippen LogP contribution in [0.5, 0.6) is 5.75 Å². The first-order valence-corrected chi connectivity index (χ1v) is 7.31. The molecule has 3 rings (SSSR count). The van der Waals surface area contributed by atoms with Gasteiger partial charge in [0, 0.05) is 13.2 Å². The number of amides is 1. The molecule has 126 valence electrons. The lowest BCUT2D eigenvalue weighted by Gasteiger charge is -2.07. The lowest BCUT2D eigenvalue weighted by Crippen LogP contribution is -2.26. The number of carbonyl (C=O) groups excluding carboxylic acids is 1. The average molecular weight is 341 g/mol. The number of nitrogens with zero attached hydrogens (tertiary/aromatic N) is 3. The molecule has 0 radical (unpaired) electrons. The average Bonchev–Trinajstić information content (AvgIpc) is 2.86. The smallest absolute Gasteiger partial charge is 0.277 e. The van der Waals surface area contributed by atoms with Crippen LogP contribution in [0.3, 0.4) is 0 Å². The second-order valence-electron chi connectivity index (χ2n) is 5.28. The summed E-state index contributed by atoms with van der Waals surface area (Å²) >= 11 is 0. The lowest BCUT2D eigenvalue weighted by molar-refractivity contribution is -0.121. The van der Waals surface area contributed by atoms with E-state index in [1.807, 2.05) is 6.07 Å². The highest BCUT2D eigenvalue weighted by molar-refractivity contribution is 6.18. The lowest BCUT2D eigenvalue weighted by atomic mass is 10.1. The van der Waals surface area contributed by atoms with Crippen LogP contribution in [0.25, 0.3) is 12.2 Å². The van der Waals surface area contributed by atoms with Crippen molar-refractivity contribution in [1.82, 2.24) is 9.88 Å². The maximum Gasteiger partial charge on any atom is 0.277 e. The van der Waals surface area contributed by atoms with Crippen LogP contribution in [0, 0.1) is 11.6 Å². The van der Waals surface area contributed by atoms with Gasteiger partial charge in [-0.15, -0.1) is 0 Å². The third-order valence-corrected chi connectivity index (χ3v) is 3.54. The Hall–Kier alpha value is -3.35. The first-order chi connectivity index (χ1) is 12.0. The van der Waals surface area contributed by atoms with Gasteiger partial charge in [0.05, 0.1) is 5.69 Å². The fraction of sp³-hybridized carbons (Fsp3) is 0.0556. The van der Waals surface area contributed by atoms with Crippen LogP contribution in [0.1, 0.15) is 11.3 Å². The number of hydrogen-bond donors (Lipinski definition) is 1. The summed E-state index contributed by atoms with van der Waals surface area (Å²) in [6.45, 7) is 0. The molecule has 5 nitrogen and oxygen atoms in total. The summed E-state index contributed by atoms with van der Waals surface area (Å²) in [5.41, 5.74) is 0.821. The molecule has 1 aromatic carbocycles. The van der Waals surface area contributed by atoms with Crippen molar-refractivity contribution in [1.29, 1.82) is 0 Å². The molecule has 1 aliphatic heterocycles. The molecule has 0 aliphatic carbocycles. The maximum absolute atomic E-state index is 13.4. The zero-order valence-corrected chi connectivity index (χ0v) is 13.1. The molecule has 0 spiro atoms. The number of benzene rings is 1. The molecule has 25 heavy (non-hydrogen) atoms. The van der Waals surface area contributed by atoms with E-state index >= 15 is 0 Å². The molecule has 1 aromatic heterocycles. The molecule has 0 fully saturated rings. The zero-order valence-electron chi connectivity index (χ0n) is 13.1. The van der Waals surface area contributed by atoms with Gasteiger partial charge in [-0.05, 0) is 48.1 Å². The topological polar surface area (TPSA) is 65.8 Å². The molecule has 0 atom stereocenters. The van der Waals surface area contributed by atoms with E-state index in [-0.39, 0.29) is 11.3 Å². The second kappa shape index (κ2) is 6.64. The molecule has 2 aromatic rings. The van der Waals surface area contributed by atoms with Crippen molar-refractivity contribution in [2.75, 3.05) is 7.05 Å². The standard InChI is InChI=1S/C18H13F2N3O2/c1-23-16(6-5-12-4-2-3-7-21-12)22-15(18(23)25)10-11-8-13(19)17(24)14(20)9-11/h2-10,24H,1H3/b6-5+,15-10-. The summed E-state index contributed by atoms with van der Waals surface area (Å²) in [7, 11) is 1.54. The highest BCUT2D eigenvalue weighted by Gasteiger charge is 2.25. The zero-order chi connectivity index (χ0) is 18.0. The number of hydrogen-bond acceptors (Lipinski definition) is 4. The van der Waals surface area contributed by atoms with Crippen LogP contribution in [-0.2, 0) is 4.79 Å². The number of amidine groups is 1. The number of phenolic OH excluding ortho intramolecular Hbond substituents is 1. The number of aliphatic imine (C=N–C) groups is 1. The number of pyridine rings is 1. The van der Waals surface area contributed by atoms with E-state index < -0.39 is 23.3 Å². The second-order valence-corrected chi connectivity index (χ2v) is 5.28. The fourth-order valence-corrected chi connectivity index (χ4v) is 2.23. The summed E-state index contributed by atoms with van der Waals surface area (Å²) in [6.07, 6.45) is 6.22. The molecule has 1 N–H and O–H groups in total. The number of rotatable bonds is 3. The van der Waals surface area contributed by atoms with Crippen LogP contribution < -0.4 is 0 Å². The van der Waals surface area contributed by atoms with E-state index in [0.717, 1.165) is 12.1 Å². The van der Waals surface area contributed by atoms with Gasteiger partial charge in [-0.3, -0.25) is 14.7 Å². The summed E-state index contributed by atoms with van der Waals surface area (Å²) in [4.78, 5) is 21.8. The molecule has 0 saturated carbocycles. The Bertz CT molecular complexity index is 898. The Morgan fingerprint density at radius 3 is 2.52 bits per heavy atom. The molecule has 2 heterocycles. The Kier molecular flexibility index (Phi) is 4.38. The Balaban J connectivity index is 1.91. The molecular weight excluding hydrogens is 328 g/mol. The molecule has 0 unspecified atom stereocenters. The number of carbonyl (C=O) groups is 1. The van der Waals surface area contributed by atoms with Crippen LogP contribution in [-0.4, -0.2) is 33.8 Å². The van der Waals surface area contributed by atoms with Gasteiger partial charge in [0.1, 0.15) is 11.5 Å². The van der Waals surface area contributed by atoms with Crippen molar-refractivity contribution in [3.63, 3.8) is 0 Å². The van der Waals surface area contributed by atoms with E-state index in [9.17, 15) is 13.6 Å². The number of halogens is 2. The monoisotopic (exact) mass is 341 g/mol. The van der Waals surface area contributed by atoms with Gasteiger partial charge in [0.25, 0.3) is 5.91 Å². The van der Waals surface area contributed by atoms with E-state index in [4.69, 9.17) is 5.11 Å².